The summed E-state index contributed by atoms with van der Waals surface area (Å²) in [5.74, 6) is -2.23. The smallest absolute Gasteiger partial charge is 0.408 e. The number of amides is 2. The van der Waals surface area contributed by atoms with Gasteiger partial charge in [-0.05, 0) is 68.1 Å². The molecule has 6 heterocycles. The molecule has 3 N–H and O–H groups in total. The molecule has 0 fully saturated rings. The molecule has 0 aliphatic carbocycles. The van der Waals surface area contributed by atoms with Gasteiger partial charge in [0.1, 0.15) is 59.5 Å². The molecule has 0 spiro atoms. The number of hydrogen-bond donors (Lipinski definition) is 3. The number of carbonyl (C=O) groups excluding carboxylic acids is 3. The van der Waals surface area contributed by atoms with Crippen LogP contribution >= 0.6 is 56.7 Å². The highest BCUT2D eigenvalue weighted by molar-refractivity contribution is 7.15. The summed E-state index contributed by atoms with van der Waals surface area (Å²) < 4.78 is 18.5. The van der Waals surface area contributed by atoms with E-state index in [0.29, 0.717) is 53.4 Å². The van der Waals surface area contributed by atoms with Crippen molar-refractivity contribution in [2.45, 2.75) is 98.1 Å². The SMILES string of the molecule is CCOC(=O)c1csc(-c2ccc(-c3nc(-c4nc(C(=O)O)cs4)cs3)nc2-c2csc([C@@H](NC(=O)c3csc([C@H](NC(=O)OC(C)(C)C)C(C)C)n3)[C@@H](C)O[Si](c3ccccc3)(c3ccccc3)C(C)(C)C)n2)n1. The van der Waals surface area contributed by atoms with Crippen LogP contribution in [0, 0.1) is 5.92 Å². The van der Waals surface area contributed by atoms with Crippen molar-refractivity contribution >= 4 is 99.3 Å². The molecule has 0 aliphatic heterocycles. The van der Waals surface area contributed by atoms with Crippen LogP contribution in [0.1, 0.15) is 123 Å². The summed E-state index contributed by atoms with van der Waals surface area (Å²) in [5.41, 5.74) is 2.03. The number of esters is 1. The van der Waals surface area contributed by atoms with Crippen molar-refractivity contribution in [2.75, 3.05) is 6.61 Å². The Morgan fingerprint density at radius 3 is 1.80 bits per heavy atom. The van der Waals surface area contributed by atoms with E-state index < -0.39 is 61.1 Å². The van der Waals surface area contributed by atoms with Crippen LogP contribution in [0.2, 0.25) is 5.04 Å². The average molecular weight is 1120 g/mol. The molecule has 390 valence electrons. The van der Waals surface area contributed by atoms with E-state index in [-0.39, 0.29) is 29.6 Å². The topological polar surface area (TPSA) is 218 Å². The molecule has 16 nitrogen and oxygen atoms in total. The number of aromatic nitrogens is 6. The van der Waals surface area contributed by atoms with Crippen molar-refractivity contribution < 1.29 is 38.2 Å². The first-order valence-corrected chi connectivity index (χ1v) is 30.3. The number of thiazole rings is 5. The Balaban J connectivity index is 1.23. The van der Waals surface area contributed by atoms with Gasteiger partial charge in [0.25, 0.3) is 14.2 Å². The summed E-state index contributed by atoms with van der Waals surface area (Å²) in [5, 5.41) is 28.5. The lowest BCUT2D eigenvalue weighted by Crippen LogP contribution is -2.68. The van der Waals surface area contributed by atoms with Crippen molar-refractivity contribution in [1.29, 1.82) is 0 Å². The van der Waals surface area contributed by atoms with Gasteiger partial charge in [0.2, 0.25) is 0 Å². The van der Waals surface area contributed by atoms with E-state index in [1.807, 2.05) is 74.7 Å². The molecule has 0 radical (unpaired) electrons. The number of nitrogens with zero attached hydrogens (tertiary/aromatic N) is 6. The summed E-state index contributed by atoms with van der Waals surface area (Å²) in [6.45, 7) is 19.8. The highest BCUT2D eigenvalue weighted by Gasteiger charge is 2.52. The fourth-order valence-corrected chi connectivity index (χ4v) is 17.4. The van der Waals surface area contributed by atoms with Crippen LogP contribution < -0.4 is 21.0 Å². The molecule has 0 bridgehead atoms. The lowest BCUT2D eigenvalue weighted by atomic mass is 10.1. The van der Waals surface area contributed by atoms with E-state index in [4.69, 9.17) is 33.8 Å². The Kier molecular flexibility index (Phi) is 16.7. The second-order valence-corrected chi connectivity index (χ2v) is 28.3. The maximum atomic E-state index is 14.8. The van der Waals surface area contributed by atoms with Gasteiger partial charge in [-0.25, -0.2) is 44.3 Å². The van der Waals surface area contributed by atoms with E-state index in [0.717, 1.165) is 10.4 Å². The van der Waals surface area contributed by atoms with Gasteiger partial charge in [0.15, 0.2) is 11.4 Å². The van der Waals surface area contributed by atoms with Crippen LogP contribution in [0.15, 0.2) is 99.7 Å². The molecular weight excluding hydrogens is 1070 g/mol. The number of ether oxygens (including phenoxy) is 2. The van der Waals surface area contributed by atoms with Gasteiger partial charge in [0, 0.05) is 32.5 Å². The van der Waals surface area contributed by atoms with Gasteiger partial charge >= 0.3 is 18.0 Å². The van der Waals surface area contributed by atoms with E-state index >= 15 is 0 Å². The lowest BCUT2D eigenvalue weighted by molar-refractivity contribution is 0.0486. The van der Waals surface area contributed by atoms with E-state index in [2.05, 4.69) is 65.6 Å². The number of hydrogen-bond acceptors (Lipinski definition) is 18. The van der Waals surface area contributed by atoms with Crippen LogP contribution in [-0.2, 0) is 13.9 Å². The van der Waals surface area contributed by atoms with E-state index in [1.165, 1.54) is 62.1 Å². The summed E-state index contributed by atoms with van der Waals surface area (Å²) in [6, 6.07) is 22.8. The standard InChI is InChI=1S/C53H56N8O8S5Si/c1-11-67-50(65)39-28-70-44(59-39)33-22-23-34(45-57-37(26-71-45)46-58-38(27-72-46)49(63)64)54-42(33)35-24-73-48(55-35)41(60-43(62)36-25-74-47(56-36)40(29(2)3)61-51(66)68-52(5,6)7)30(4)69-75(53(8,9)10,31-18-14-12-15-19-31)32-20-16-13-17-21-32/h12-30,40-41H,11H2,1-10H3,(H,60,62)(H,61,66)(H,63,64)/t30-,40-,41+/m1/s1. The zero-order chi connectivity index (χ0) is 53.8. The highest BCUT2D eigenvalue weighted by Crippen LogP contribution is 2.42. The van der Waals surface area contributed by atoms with Crippen LogP contribution in [0.4, 0.5) is 4.79 Å². The van der Waals surface area contributed by atoms with Crippen LogP contribution in [0.25, 0.3) is 43.4 Å². The molecule has 8 aromatic rings. The summed E-state index contributed by atoms with van der Waals surface area (Å²) >= 11 is 6.37. The number of nitrogens with one attached hydrogen (secondary N) is 2. The maximum Gasteiger partial charge on any atom is 0.408 e. The molecule has 6 aromatic heterocycles. The molecule has 2 amide bonds. The monoisotopic (exact) mass is 1120 g/mol. The van der Waals surface area contributed by atoms with Gasteiger partial charge in [0.05, 0.1) is 24.4 Å². The Morgan fingerprint density at radius 2 is 1.19 bits per heavy atom. The number of alkyl carbamates (subject to hydrolysis) is 1. The predicted molar refractivity (Wildman–Crippen MR) is 299 cm³/mol. The Morgan fingerprint density at radius 1 is 0.613 bits per heavy atom. The summed E-state index contributed by atoms with van der Waals surface area (Å²) in [7, 11) is -3.23. The molecule has 22 heteroatoms. The molecule has 3 atom stereocenters. The average Bonchev–Trinajstić information content (AvgIpc) is 4.24. The number of carboxylic acid groups (broad SMARTS) is 1. The number of carbonyl (C=O) groups is 4. The first kappa shape index (κ1) is 54.8. The quantitative estimate of drug-likeness (QED) is 0.0538. The van der Waals surface area contributed by atoms with Crippen molar-refractivity contribution in [2.24, 2.45) is 5.92 Å². The number of pyridine rings is 1. The second-order valence-electron chi connectivity index (χ2n) is 19.7. The van der Waals surface area contributed by atoms with Crippen LogP contribution in [-0.4, -0.2) is 85.6 Å². The van der Waals surface area contributed by atoms with Gasteiger partial charge in [-0.2, -0.15) is 0 Å². The molecule has 2 aromatic carbocycles. The number of rotatable bonds is 18. The molecule has 0 saturated carbocycles. The van der Waals surface area contributed by atoms with Crippen molar-refractivity contribution in [1.82, 2.24) is 40.5 Å². The maximum absolute atomic E-state index is 14.8. The van der Waals surface area contributed by atoms with Crippen molar-refractivity contribution in [3.05, 3.63) is 127 Å². The van der Waals surface area contributed by atoms with Crippen LogP contribution in [0.5, 0.6) is 0 Å². The molecular formula is C53H56N8O8S5Si. The molecule has 75 heavy (non-hydrogen) atoms. The molecule has 0 unspecified atom stereocenters. The Labute approximate surface area is 455 Å². The Bertz CT molecular complexity index is 3260. The minimum Gasteiger partial charge on any atom is -0.476 e. The zero-order valence-electron chi connectivity index (χ0n) is 42.9. The molecule has 0 saturated heterocycles. The van der Waals surface area contributed by atoms with Gasteiger partial charge < -0.3 is 29.6 Å². The number of aromatic carboxylic acids is 1. The van der Waals surface area contributed by atoms with E-state index in [1.54, 1.807) is 43.8 Å². The first-order chi connectivity index (χ1) is 35.6. The minimum absolute atomic E-state index is 0.0660. The highest BCUT2D eigenvalue weighted by atomic mass is 32.1. The molecule has 0 aliphatic rings. The third-order valence-corrected chi connectivity index (χ3v) is 21.3. The predicted octanol–water partition coefficient (Wildman–Crippen LogP) is 11.6. The zero-order valence-corrected chi connectivity index (χ0v) is 47.9. The lowest BCUT2D eigenvalue weighted by Gasteiger charge is -2.45. The van der Waals surface area contributed by atoms with Gasteiger partial charge in [-0.3, -0.25) is 4.79 Å². The fourth-order valence-electron chi connectivity index (χ4n) is 8.28. The number of benzene rings is 2. The van der Waals surface area contributed by atoms with E-state index in [9.17, 15) is 24.3 Å². The third kappa shape index (κ3) is 12.3. The van der Waals surface area contributed by atoms with Crippen LogP contribution in [0.3, 0.4) is 0 Å². The van der Waals surface area contributed by atoms with Crippen molar-refractivity contribution in [3.63, 3.8) is 0 Å². The van der Waals surface area contributed by atoms with Gasteiger partial charge in [-0.15, -0.1) is 56.7 Å². The summed E-state index contributed by atoms with van der Waals surface area (Å²) in [4.78, 5) is 81.2. The number of carboxylic acids is 1. The summed E-state index contributed by atoms with van der Waals surface area (Å²) in [6.07, 6.45) is -1.28. The Hall–Kier alpha value is -6.40. The van der Waals surface area contributed by atoms with Gasteiger partial charge in [-0.1, -0.05) is 95.3 Å². The minimum atomic E-state index is -3.23. The van der Waals surface area contributed by atoms with Crippen molar-refractivity contribution in [3.8, 4) is 43.4 Å². The third-order valence-electron chi connectivity index (χ3n) is 11.7. The normalized spacial score (nSPS) is 13.3. The first-order valence-electron chi connectivity index (χ1n) is 23.9. The second kappa shape index (κ2) is 22.8. The largest absolute Gasteiger partial charge is 0.476 e. The fraction of sp³-hybridized carbons (Fsp3) is 0.321. The molecule has 8 rings (SSSR count).